The maximum absolute atomic E-state index is 12.5. The molecule has 2 atom stereocenters. The molecule has 0 bridgehead atoms. The van der Waals surface area contributed by atoms with E-state index in [1.54, 1.807) is 4.90 Å². The van der Waals surface area contributed by atoms with Crippen LogP contribution in [0.2, 0.25) is 0 Å². The number of nitrogens with zero attached hydrogens (tertiary/aromatic N) is 1. The highest BCUT2D eigenvalue weighted by molar-refractivity contribution is 9.10. The van der Waals surface area contributed by atoms with E-state index in [-0.39, 0.29) is 30.2 Å². The van der Waals surface area contributed by atoms with Gasteiger partial charge in [0, 0.05) is 23.1 Å². The van der Waals surface area contributed by atoms with E-state index in [1.807, 2.05) is 50.2 Å². The van der Waals surface area contributed by atoms with E-state index in [2.05, 4.69) is 21.2 Å². The molecule has 1 saturated heterocycles. The van der Waals surface area contributed by atoms with Gasteiger partial charge >= 0.3 is 0 Å². The molecule has 0 spiro atoms. The van der Waals surface area contributed by atoms with Crippen LogP contribution in [0.15, 0.2) is 45.3 Å². The largest absolute Gasteiger partial charge is 0.464 e. The average molecular weight is 391 g/mol. The van der Waals surface area contributed by atoms with Gasteiger partial charge in [-0.05, 0) is 44.2 Å². The minimum Gasteiger partial charge on any atom is -0.464 e. The number of anilines is 1. The van der Waals surface area contributed by atoms with Crippen LogP contribution >= 0.6 is 15.9 Å². The van der Waals surface area contributed by atoms with E-state index in [1.165, 1.54) is 0 Å². The smallest absolute Gasteiger partial charge is 0.227 e. The normalized spacial score (nSPS) is 18.7. The molecule has 0 saturated carbocycles. The van der Waals surface area contributed by atoms with Crippen LogP contribution in [0.3, 0.4) is 0 Å². The molecule has 1 aliphatic heterocycles. The van der Waals surface area contributed by atoms with Gasteiger partial charge in [-0.1, -0.05) is 22.0 Å². The molecular weight excluding hydrogens is 372 g/mol. The van der Waals surface area contributed by atoms with E-state index in [9.17, 15) is 9.59 Å². The molecule has 2 unspecified atom stereocenters. The Hall–Kier alpha value is -2.08. The number of hydrogen-bond acceptors (Lipinski definition) is 3. The van der Waals surface area contributed by atoms with Crippen molar-refractivity contribution >= 4 is 33.4 Å². The van der Waals surface area contributed by atoms with Gasteiger partial charge in [0.25, 0.3) is 0 Å². The van der Waals surface area contributed by atoms with Crippen molar-refractivity contribution in [2.24, 2.45) is 5.92 Å². The van der Waals surface area contributed by atoms with Crippen LogP contribution in [-0.2, 0) is 9.59 Å². The van der Waals surface area contributed by atoms with Gasteiger partial charge in [-0.15, -0.1) is 0 Å². The van der Waals surface area contributed by atoms with Gasteiger partial charge in [0.2, 0.25) is 11.8 Å². The number of carbonyl (C=O) groups excluding carboxylic acids is 2. The minimum atomic E-state index is -0.352. The van der Waals surface area contributed by atoms with Crippen LogP contribution in [-0.4, -0.2) is 18.4 Å². The molecule has 3 rings (SSSR count). The highest BCUT2D eigenvalue weighted by atomic mass is 79.9. The molecule has 0 radical (unpaired) electrons. The number of hydrogen-bond donors (Lipinski definition) is 1. The van der Waals surface area contributed by atoms with Crippen molar-refractivity contribution in [3.63, 3.8) is 0 Å². The highest BCUT2D eigenvalue weighted by Gasteiger charge is 2.35. The van der Waals surface area contributed by atoms with Crippen molar-refractivity contribution in [3.8, 4) is 0 Å². The van der Waals surface area contributed by atoms with Gasteiger partial charge in [0.15, 0.2) is 0 Å². The van der Waals surface area contributed by atoms with Crippen LogP contribution in [0.25, 0.3) is 0 Å². The second kappa shape index (κ2) is 6.81. The molecule has 1 aliphatic rings. The molecule has 1 fully saturated rings. The predicted molar refractivity (Wildman–Crippen MR) is 94.6 cm³/mol. The summed E-state index contributed by atoms with van der Waals surface area (Å²) in [6, 6.07) is 11.0. The molecule has 2 heterocycles. The van der Waals surface area contributed by atoms with E-state index in [0.29, 0.717) is 12.3 Å². The van der Waals surface area contributed by atoms with E-state index >= 15 is 0 Å². The summed E-state index contributed by atoms with van der Waals surface area (Å²) in [5, 5.41) is 2.93. The third-order valence-corrected chi connectivity index (χ3v) is 4.66. The minimum absolute atomic E-state index is 0.0326. The third kappa shape index (κ3) is 3.53. The van der Waals surface area contributed by atoms with E-state index < -0.39 is 0 Å². The second-order valence-electron chi connectivity index (χ2n) is 6.06. The summed E-state index contributed by atoms with van der Waals surface area (Å²) in [6.07, 6.45) is 0.224. The number of benzene rings is 1. The first-order valence-electron chi connectivity index (χ1n) is 7.86. The van der Waals surface area contributed by atoms with E-state index in [0.717, 1.165) is 15.9 Å². The van der Waals surface area contributed by atoms with Crippen molar-refractivity contribution in [1.82, 2.24) is 5.32 Å². The monoisotopic (exact) mass is 390 g/mol. The molecule has 1 aromatic heterocycles. The SMILES string of the molecule is Cc1ccc(C(C)NC(=O)C2CC(=O)N(c3cccc(Br)c3)C2)o1. The predicted octanol–water partition coefficient (Wildman–Crippen LogP) is 3.58. The topological polar surface area (TPSA) is 62.6 Å². The van der Waals surface area contributed by atoms with Crippen LogP contribution in [0.4, 0.5) is 5.69 Å². The molecular formula is C18H19BrN2O3. The molecule has 6 heteroatoms. The molecule has 126 valence electrons. The lowest BCUT2D eigenvalue weighted by molar-refractivity contribution is -0.127. The van der Waals surface area contributed by atoms with Crippen LogP contribution < -0.4 is 10.2 Å². The number of carbonyl (C=O) groups is 2. The summed E-state index contributed by atoms with van der Waals surface area (Å²) in [6.45, 7) is 4.13. The number of rotatable bonds is 4. The summed E-state index contributed by atoms with van der Waals surface area (Å²) in [5.74, 6) is 1.02. The molecule has 5 nitrogen and oxygen atoms in total. The van der Waals surface area contributed by atoms with Gasteiger partial charge in [-0.3, -0.25) is 9.59 Å². The van der Waals surface area contributed by atoms with Crippen molar-refractivity contribution in [1.29, 1.82) is 0 Å². The molecule has 1 N–H and O–H groups in total. The molecule has 2 aromatic rings. The zero-order chi connectivity index (χ0) is 17.3. The van der Waals surface area contributed by atoms with Gasteiger partial charge in [0.05, 0.1) is 12.0 Å². The molecule has 0 aliphatic carbocycles. The van der Waals surface area contributed by atoms with Gasteiger partial charge in [0.1, 0.15) is 11.5 Å². The zero-order valence-corrected chi connectivity index (χ0v) is 15.2. The first-order chi connectivity index (χ1) is 11.4. The van der Waals surface area contributed by atoms with Gasteiger partial charge < -0.3 is 14.6 Å². The van der Waals surface area contributed by atoms with Crippen molar-refractivity contribution in [2.75, 3.05) is 11.4 Å². The maximum Gasteiger partial charge on any atom is 0.227 e. The lowest BCUT2D eigenvalue weighted by Crippen LogP contribution is -2.34. The Bertz CT molecular complexity index is 771. The summed E-state index contributed by atoms with van der Waals surface area (Å²) in [4.78, 5) is 26.4. The van der Waals surface area contributed by atoms with Crippen LogP contribution in [0, 0.1) is 12.8 Å². The van der Waals surface area contributed by atoms with Crippen molar-refractivity contribution < 1.29 is 14.0 Å². The maximum atomic E-state index is 12.5. The average Bonchev–Trinajstić information content (AvgIpc) is 3.13. The Balaban J connectivity index is 1.65. The standard InChI is InChI=1S/C18H19BrN2O3/c1-11-6-7-16(24-11)12(2)20-18(23)13-8-17(22)21(10-13)15-5-3-4-14(19)9-15/h3-7,9,12-13H,8,10H2,1-2H3,(H,20,23). The lowest BCUT2D eigenvalue weighted by Gasteiger charge is -2.18. The Morgan fingerprint density at radius 1 is 1.38 bits per heavy atom. The lowest BCUT2D eigenvalue weighted by atomic mass is 10.1. The summed E-state index contributed by atoms with van der Waals surface area (Å²) < 4.78 is 6.44. The van der Waals surface area contributed by atoms with Crippen LogP contribution in [0.5, 0.6) is 0 Å². The molecule has 1 aromatic carbocycles. The van der Waals surface area contributed by atoms with E-state index in [4.69, 9.17) is 4.42 Å². The quantitative estimate of drug-likeness (QED) is 0.867. The number of amides is 2. The zero-order valence-electron chi connectivity index (χ0n) is 13.6. The number of halogens is 1. The van der Waals surface area contributed by atoms with Crippen LogP contribution in [0.1, 0.15) is 30.9 Å². The first-order valence-corrected chi connectivity index (χ1v) is 8.66. The fourth-order valence-corrected chi connectivity index (χ4v) is 3.25. The van der Waals surface area contributed by atoms with Crippen molar-refractivity contribution in [3.05, 3.63) is 52.4 Å². The highest BCUT2D eigenvalue weighted by Crippen LogP contribution is 2.28. The number of furan rings is 1. The van der Waals surface area contributed by atoms with Gasteiger partial charge in [-0.25, -0.2) is 0 Å². The summed E-state index contributed by atoms with van der Waals surface area (Å²) >= 11 is 3.41. The Morgan fingerprint density at radius 3 is 2.83 bits per heavy atom. The van der Waals surface area contributed by atoms with Crippen molar-refractivity contribution in [2.45, 2.75) is 26.3 Å². The second-order valence-corrected chi connectivity index (χ2v) is 6.98. The third-order valence-electron chi connectivity index (χ3n) is 4.16. The number of nitrogens with one attached hydrogen (secondary N) is 1. The summed E-state index contributed by atoms with van der Waals surface area (Å²) in [7, 11) is 0. The molecule has 2 amide bonds. The fraction of sp³-hybridized carbons (Fsp3) is 0.333. The molecule has 24 heavy (non-hydrogen) atoms. The number of aryl methyl sites for hydroxylation is 1. The first kappa shape index (κ1) is 16.8. The Morgan fingerprint density at radius 2 is 2.17 bits per heavy atom. The van der Waals surface area contributed by atoms with Gasteiger partial charge in [-0.2, -0.15) is 0 Å². The Labute approximate surface area is 149 Å². The Kier molecular flexibility index (Phi) is 4.76. The fourth-order valence-electron chi connectivity index (χ4n) is 2.87. The summed E-state index contributed by atoms with van der Waals surface area (Å²) in [5.41, 5.74) is 0.805.